The topological polar surface area (TPSA) is 51.4 Å². The van der Waals surface area contributed by atoms with E-state index in [4.69, 9.17) is 14.1 Å². The van der Waals surface area contributed by atoms with Crippen molar-refractivity contribution in [3.8, 4) is 22.8 Å². The largest absolute Gasteiger partial charge is 0.457 e. The van der Waals surface area contributed by atoms with Crippen molar-refractivity contribution in [1.82, 2.24) is 9.97 Å². The number of furan rings is 1. The van der Waals surface area contributed by atoms with Crippen LogP contribution in [0.4, 0.5) is 17.2 Å². The van der Waals surface area contributed by atoms with Crippen molar-refractivity contribution in [1.29, 1.82) is 0 Å². The number of anilines is 3. The summed E-state index contributed by atoms with van der Waals surface area (Å²) in [6.45, 7) is 0. The van der Waals surface area contributed by atoms with E-state index in [1.54, 1.807) is 6.20 Å². The van der Waals surface area contributed by atoms with E-state index in [1.807, 2.05) is 72.9 Å². The number of fused-ring (bicyclic) bond motifs is 6. The molecule has 1 aliphatic rings. The van der Waals surface area contributed by atoms with Crippen molar-refractivity contribution < 1.29 is 9.15 Å². The molecule has 0 bridgehead atoms. The highest BCUT2D eigenvalue weighted by Crippen LogP contribution is 2.44. The van der Waals surface area contributed by atoms with Crippen LogP contribution in [0.25, 0.3) is 33.2 Å². The van der Waals surface area contributed by atoms with Gasteiger partial charge in [-0.15, -0.1) is 0 Å². The maximum absolute atomic E-state index is 6.88. The number of pyridine rings is 2. The summed E-state index contributed by atoms with van der Waals surface area (Å²) in [5, 5.41) is 7.19. The maximum Gasteiger partial charge on any atom is 0.186 e. The molecule has 0 N–H and O–H groups in total. The zero-order chi connectivity index (χ0) is 34.5. The molecule has 52 heavy (non-hydrogen) atoms. The van der Waals surface area contributed by atoms with Gasteiger partial charge in [0.2, 0.25) is 0 Å². The van der Waals surface area contributed by atoms with Crippen LogP contribution >= 0.6 is 0 Å². The van der Waals surface area contributed by atoms with Crippen molar-refractivity contribution in [3.63, 3.8) is 0 Å². The minimum absolute atomic E-state index is 0.715. The summed E-state index contributed by atoms with van der Waals surface area (Å²) in [4.78, 5) is 12.0. The molecule has 0 spiro atoms. The van der Waals surface area contributed by atoms with Crippen molar-refractivity contribution >= 4 is 68.0 Å². The van der Waals surface area contributed by atoms with E-state index in [0.29, 0.717) is 5.75 Å². The molecule has 6 heteroatoms. The average Bonchev–Trinajstić information content (AvgIpc) is 3.60. The highest BCUT2D eigenvalue weighted by atomic mass is 28.3. The molecule has 0 atom stereocenters. The Morgan fingerprint density at radius 2 is 1.23 bits per heavy atom. The lowest BCUT2D eigenvalue weighted by Gasteiger charge is -2.44. The highest BCUT2D eigenvalue weighted by Gasteiger charge is 2.50. The van der Waals surface area contributed by atoms with Gasteiger partial charge in [0.05, 0.1) is 17.1 Å². The van der Waals surface area contributed by atoms with Crippen LogP contribution < -0.4 is 30.4 Å². The van der Waals surface area contributed by atoms with E-state index < -0.39 is 8.07 Å². The summed E-state index contributed by atoms with van der Waals surface area (Å²) in [7, 11) is -2.93. The van der Waals surface area contributed by atoms with E-state index in [0.717, 1.165) is 56.1 Å². The fraction of sp³-hybridized carbons (Fsp3) is 0. The predicted molar refractivity (Wildman–Crippen MR) is 213 cm³/mol. The van der Waals surface area contributed by atoms with Crippen LogP contribution in [0.5, 0.6) is 11.5 Å². The molecule has 1 aliphatic heterocycles. The molecule has 5 nitrogen and oxygen atoms in total. The standard InChI is InChI=1S/C46H31N3O2Si/c1-3-18-36(19-4-1)52(37-20-5-2-6-21-37)42-27-26-39-38-22-7-8-24-41(38)51-45(39)44(42)49(46-43(52)25-13-29-48-46)33-15-12-17-35(31-33)50-34-16-11-14-32(30-34)40-23-9-10-28-47-40/h1-31H. The number of rotatable bonds is 6. The van der Waals surface area contributed by atoms with Crippen molar-refractivity contribution in [2.24, 2.45) is 0 Å². The van der Waals surface area contributed by atoms with E-state index in [-0.39, 0.29) is 0 Å². The van der Waals surface area contributed by atoms with Gasteiger partial charge in [-0.3, -0.25) is 9.88 Å². The van der Waals surface area contributed by atoms with Gasteiger partial charge in [0.1, 0.15) is 22.9 Å². The number of para-hydroxylation sites is 1. The zero-order valence-corrected chi connectivity index (χ0v) is 29.1. The summed E-state index contributed by atoms with van der Waals surface area (Å²) in [6, 6.07) is 61.4. The molecular weight excluding hydrogens is 655 g/mol. The fourth-order valence-electron chi connectivity index (χ4n) is 7.91. The smallest absolute Gasteiger partial charge is 0.186 e. The minimum Gasteiger partial charge on any atom is -0.457 e. The number of aromatic nitrogens is 2. The summed E-state index contributed by atoms with van der Waals surface area (Å²) in [5.74, 6) is 2.33. The molecule has 3 aromatic heterocycles. The second kappa shape index (κ2) is 12.2. The molecule has 246 valence electrons. The van der Waals surface area contributed by atoms with Crippen LogP contribution in [0, 0.1) is 0 Å². The second-order valence-electron chi connectivity index (χ2n) is 13.0. The first-order valence-corrected chi connectivity index (χ1v) is 19.4. The van der Waals surface area contributed by atoms with Crippen molar-refractivity contribution in [3.05, 3.63) is 188 Å². The summed E-state index contributed by atoms with van der Waals surface area (Å²) < 4.78 is 13.5. The number of hydrogen-bond acceptors (Lipinski definition) is 5. The Morgan fingerprint density at radius 3 is 2.02 bits per heavy atom. The van der Waals surface area contributed by atoms with Gasteiger partial charge >= 0.3 is 0 Å². The Bertz CT molecular complexity index is 2690. The first kappa shape index (κ1) is 30.1. The lowest BCUT2D eigenvalue weighted by atomic mass is 10.1. The number of nitrogens with zero attached hydrogens (tertiary/aromatic N) is 3. The predicted octanol–water partition coefficient (Wildman–Crippen LogP) is 9.00. The Kier molecular flexibility index (Phi) is 7.08. The Morgan fingerprint density at radius 1 is 0.519 bits per heavy atom. The second-order valence-corrected chi connectivity index (χ2v) is 16.7. The Balaban J connectivity index is 1.23. The summed E-state index contributed by atoms with van der Waals surface area (Å²) in [5.41, 5.74) is 5.52. The monoisotopic (exact) mass is 685 g/mol. The summed E-state index contributed by atoms with van der Waals surface area (Å²) in [6.07, 6.45) is 3.70. The molecule has 6 aromatic carbocycles. The maximum atomic E-state index is 6.88. The van der Waals surface area contributed by atoms with Gasteiger partial charge in [-0.2, -0.15) is 0 Å². The highest BCUT2D eigenvalue weighted by molar-refractivity contribution is 7.21. The quantitative estimate of drug-likeness (QED) is 0.164. The third-order valence-corrected chi connectivity index (χ3v) is 14.9. The minimum atomic E-state index is -2.93. The van der Waals surface area contributed by atoms with E-state index in [1.165, 1.54) is 20.7 Å². The molecule has 9 aromatic rings. The fourth-order valence-corrected chi connectivity index (χ4v) is 12.9. The molecule has 10 rings (SSSR count). The van der Waals surface area contributed by atoms with Crippen LogP contribution in [0.1, 0.15) is 0 Å². The van der Waals surface area contributed by atoms with Gasteiger partial charge in [-0.05, 0) is 69.3 Å². The number of benzene rings is 6. The van der Waals surface area contributed by atoms with Gasteiger partial charge in [0.25, 0.3) is 0 Å². The van der Waals surface area contributed by atoms with E-state index >= 15 is 0 Å². The lowest BCUT2D eigenvalue weighted by molar-refractivity contribution is 0.483. The Labute approximate surface area is 302 Å². The average molecular weight is 686 g/mol. The first-order valence-electron chi connectivity index (χ1n) is 17.4. The Hall–Kier alpha value is -6.76. The van der Waals surface area contributed by atoms with Crippen LogP contribution in [0.15, 0.2) is 193 Å². The molecule has 4 heterocycles. The van der Waals surface area contributed by atoms with E-state index in [9.17, 15) is 0 Å². The van der Waals surface area contributed by atoms with Gasteiger partial charge in [-0.25, -0.2) is 4.98 Å². The van der Waals surface area contributed by atoms with E-state index in [2.05, 4.69) is 119 Å². The lowest BCUT2D eigenvalue weighted by Crippen LogP contribution is -2.77. The van der Waals surface area contributed by atoms with Crippen molar-refractivity contribution in [2.75, 3.05) is 4.90 Å². The van der Waals surface area contributed by atoms with Crippen LogP contribution in [-0.2, 0) is 0 Å². The molecular formula is C46H31N3O2Si. The third-order valence-electron chi connectivity index (χ3n) is 10.1. The zero-order valence-electron chi connectivity index (χ0n) is 28.1. The van der Waals surface area contributed by atoms with Crippen LogP contribution in [0.3, 0.4) is 0 Å². The molecule has 0 radical (unpaired) electrons. The first-order chi connectivity index (χ1) is 25.8. The summed E-state index contributed by atoms with van der Waals surface area (Å²) >= 11 is 0. The molecule has 0 saturated carbocycles. The van der Waals surface area contributed by atoms with Crippen LogP contribution in [0.2, 0.25) is 0 Å². The normalized spacial score (nSPS) is 13.1. The molecule has 0 saturated heterocycles. The third kappa shape index (κ3) is 4.69. The molecule has 0 amide bonds. The van der Waals surface area contributed by atoms with Gasteiger partial charge in [0, 0.05) is 34.8 Å². The molecule has 0 unspecified atom stereocenters. The number of ether oxygens (including phenoxy) is 1. The van der Waals surface area contributed by atoms with Crippen molar-refractivity contribution in [2.45, 2.75) is 0 Å². The SMILES string of the molecule is c1ccc([Si]2(c3ccccc3)c3cccnc3N(c3cccc(Oc4cccc(-c5ccccn5)c4)c3)c3c2ccc2c3oc3ccccc32)cc1. The van der Waals surface area contributed by atoms with Gasteiger partial charge in [-0.1, -0.05) is 121 Å². The van der Waals surface area contributed by atoms with Gasteiger partial charge in [0.15, 0.2) is 13.7 Å². The van der Waals surface area contributed by atoms with Crippen LogP contribution in [-0.4, -0.2) is 18.0 Å². The van der Waals surface area contributed by atoms with Gasteiger partial charge < -0.3 is 9.15 Å². The number of hydrogen-bond donors (Lipinski definition) is 0. The molecule has 0 aliphatic carbocycles. The molecule has 0 fully saturated rings.